The molecular formula is C16H19N5O. The van der Waals surface area contributed by atoms with E-state index in [0.29, 0.717) is 13.1 Å². The minimum absolute atomic E-state index is 0.0507. The van der Waals surface area contributed by atoms with E-state index in [1.807, 2.05) is 48.4 Å². The number of anilines is 2. The lowest BCUT2D eigenvalue weighted by Gasteiger charge is -2.35. The Balaban J connectivity index is 1.58. The van der Waals surface area contributed by atoms with E-state index in [2.05, 4.69) is 20.2 Å². The van der Waals surface area contributed by atoms with Crippen molar-refractivity contribution in [3.05, 3.63) is 48.4 Å². The third kappa shape index (κ3) is 3.16. The molecule has 1 N–H and O–H groups in total. The first-order valence-corrected chi connectivity index (χ1v) is 7.36. The molecule has 0 atom stereocenters. The number of carbonyl (C=O) groups is 1. The third-order valence-corrected chi connectivity index (χ3v) is 3.76. The van der Waals surface area contributed by atoms with Gasteiger partial charge >= 0.3 is 6.03 Å². The second kappa shape index (κ2) is 6.43. The van der Waals surface area contributed by atoms with Gasteiger partial charge < -0.3 is 15.1 Å². The highest BCUT2D eigenvalue weighted by atomic mass is 16.2. The van der Waals surface area contributed by atoms with Crippen LogP contribution in [0.3, 0.4) is 0 Å². The van der Waals surface area contributed by atoms with E-state index in [9.17, 15) is 4.79 Å². The van der Waals surface area contributed by atoms with Gasteiger partial charge in [0.1, 0.15) is 12.1 Å². The van der Waals surface area contributed by atoms with E-state index in [1.165, 1.54) is 0 Å². The van der Waals surface area contributed by atoms with Crippen LogP contribution in [0.5, 0.6) is 0 Å². The lowest BCUT2D eigenvalue weighted by molar-refractivity contribution is 0.208. The van der Waals surface area contributed by atoms with Crippen LogP contribution in [0.15, 0.2) is 42.9 Å². The molecule has 22 heavy (non-hydrogen) atoms. The highest BCUT2D eigenvalue weighted by molar-refractivity contribution is 5.89. The van der Waals surface area contributed by atoms with Crippen molar-refractivity contribution in [3.8, 4) is 0 Å². The Hall–Kier alpha value is -2.63. The predicted octanol–water partition coefficient (Wildman–Crippen LogP) is 2.14. The number of nitrogens with zero attached hydrogens (tertiary/aromatic N) is 4. The zero-order chi connectivity index (χ0) is 15.4. The fourth-order valence-corrected chi connectivity index (χ4v) is 2.57. The number of hydrogen-bond donors (Lipinski definition) is 1. The second-order valence-corrected chi connectivity index (χ2v) is 5.30. The molecule has 114 valence electrons. The minimum atomic E-state index is -0.0507. The van der Waals surface area contributed by atoms with E-state index in [4.69, 9.17) is 0 Å². The van der Waals surface area contributed by atoms with Crippen molar-refractivity contribution in [2.24, 2.45) is 0 Å². The molecule has 2 aromatic rings. The summed E-state index contributed by atoms with van der Waals surface area (Å²) in [4.78, 5) is 24.6. The number of aromatic nitrogens is 2. The van der Waals surface area contributed by atoms with Crippen LogP contribution >= 0.6 is 0 Å². The maximum absolute atomic E-state index is 12.2. The van der Waals surface area contributed by atoms with Crippen LogP contribution in [-0.4, -0.2) is 47.1 Å². The summed E-state index contributed by atoms with van der Waals surface area (Å²) < 4.78 is 0. The van der Waals surface area contributed by atoms with Gasteiger partial charge in [0.25, 0.3) is 0 Å². The number of carbonyl (C=O) groups excluding carboxylic acids is 1. The Morgan fingerprint density at radius 2 is 1.86 bits per heavy atom. The quantitative estimate of drug-likeness (QED) is 0.922. The number of rotatable bonds is 2. The minimum Gasteiger partial charge on any atom is -0.353 e. The van der Waals surface area contributed by atoms with E-state index in [1.54, 1.807) is 6.33 Å². The van der Waals surface area contributed by atoms with Gasteiger partial charge in [0, 0.05) is 43.6 Å². The summed E-state index contributed by atoms with van der Waals surface area (Å²) in [7, 11) is 0. The zero-order valence-electron chi connectivity index (χ0n) is 12.6. The number of amides is 2. The molecule has 1 aliphatic heterocycles. The molecule has 0 bridgehead atoms. The summed E-state index contributed by atoms with van der Waals surface area (Å²) in [6.45, 7) is 4.92. The number of hydrogen-bond acceptors (Lipinski definition) is 4. The smallest absolute Gasteiger partial charge is 0.321 e. The average Bonchev–Trinajstić information content (AvgIpc) is 2.56. The van der Waals surface area contributed by atoms with Gasteiger partial charge in [-0.25, -0.2) is 14.8 Å². The lowest BCUT2D eigenvalue weighted by atomic mass is 10.2. The zero-order valence-corrected chi connectivity index (χ0v) is 12.6. The van der Waals surface area contributed by atoms with Crippen molar-refractivity contribution in [2.75, 3.05) is 36.4 Å². The maximum Gasteiger partial charge on any atom is 0.321 e. The summed E-state index contributed by atoms with van der Waals surface area (Å²) in [5, 5.41) is 2.92. The largest absolute Gasteiger partial charge is 0.353 e. The molecule has 2 amide bonds. The average molecular weight is 297 g/mol. The molecule has 1 aliphatic rings. The topological polar surface area (TPSA) is 61.4 Å². The molecule has 0 radical (unpaired) electrons. The van der Waals surface area contributed by atoms with Crippen LogP contribution in [0.2, 0.25) is 0 Å². The third-order valence-electron chi connectivity index (χ3n) is 3.76. The van der Waals surface area contributed by atoms with Crippen molar-refractivity contribution >= 4 is 17.5 Å². The van der Waals surface area contributed by atoms with Crippen LogP contribution in [0.25, 0.3) is 0 Å². The molecule has 0 unspecified atom stereocenters. The van der Waals surface area contributed by atoms with Crippen molar-refractivity contribution in [1.82, 2.24) is 14.9 Å². The molecule has 0 saturated carbocycles. The van der Waals surface area contributed by atoms with Crippen LogP contribution in [0.1, 0.15) is 5.56 Å². The Bertz CT molecular complexity index is 638. The van der Waals surface area contributed by atoms with Gasteiger partial charge in [0.2, 0.25) is 0 Å². The van der Waals surface area contributed by atoms with Gasteiger partial charge in [-0.2, -0.15) is 0 Å². The Morgan fingerprint density at radius 1 is 1.14 bits per heavy atom. The fraction of sp³-hybridized carbons (Fsp3) is 0.312. The van der Waals surface area contributed by atoms with Gasteiger partial charge in [-0.05, 0) is 19.1 Å². The molecule has 0 aliphatic carbocycles. The van der Waals surface area contributed by atoms with E-state index >= 15 is 0 Å². The maximum atomic E-state index is 12.2. The van der Waals surface area contributed by atoms with Crippen molar-refractivity contribution in [1.29, 1.82) is 0 Å². The normalized spacial score (nSPS) is 14.8. The summed E-state index contributed by atoms with van der Waals surface area (Å²) in [6.07, 6.45) is 3.38. The van der Waals surface area contributed by atoms with Gasteiger partial charge in [-0.3, -0.25) is 0 Å². The number of nitrogens with one attached hydrogen (secondary N) is 1. The molecule has 0 spiro atoms. The van der Waals surface area contributed by atoms with E-state index in [0.717, 1.165) is 30.2 Å². The highest BCUT2D eigenvalue weighted by Crippen LogP contribution is 2.17. The van der Waals surface area contributed by atoms with Crippen molar-refractivity contribution in [2.45, 2.75) is 6.92 Å². The van der Waals surface area contributed by atoms with Crippen LogP contribution < -0.4 is 10.2 Å². The standard InChI is InChI=1S/C16H19N5O/c1-13-11-17-12-18-15(13)20-7-9-21(10-8-20)16(22)19-14-5-3-2-4-6-14/h2-6,11-12H,7-10H2,1H3,(H,19,22). The Kier molecular flexibility index (Phi) is 4.18. The van der Waals surface area contributed by atoms with Crippen LogP contribution in [-0.2, 0) is 0 Å². The molecule has 2 heterocycles. The van der Waals surface area contributed by atoms with E-state index < -0.39 is 0 Å². The number of piperazine rings is 1. The Morgan fingerprint density at radius 3 is 2.55 bits per heavy atom. The van der Waals surface area contributed by atoms with Crippen LogP contribution in [0.4, 0.5) is 16.3 Å². The molecule has 1 saturated heterocycles. The number of para-hydroxylation sites is 1. The number of urea groups is 1. The molecule has 1 aromatic carbocycles. The number of aryl methyl sites for hydroxylation is 1. The fourth-order valence-electron chi connectivity index (χ4n) is 2.57. The van der Waals surface area contributed by atoms with Crippen molar-refractivity contribution in [3.63, 3.8) is 0 Å². The van der Waals surface area contributed by atoms with Crippen LogP contribution in [0, 0.1) is 6.92 Å². The first-order valence-electron chi connectivity index (χ1n) is 7.36. The van der Waals surface area contributed by atoms with Gasteiger partial charge in [-0.15, -0.1) is 0 Å². The molecule has 6 heteroatoms. The van der Waals surface area contributed by atoms with E-state index in [-0.39, 0.29) is 6.03 Å². The monoisotopic (exact) mass is 297 g/mol. The van der Waals surface area contributed by atoms with Gasteiger partial charge in [0.05, 0.1) is 0 Å². The summed E-state index contributed by atoms with van der Waals surface area (Å²) >= 11 is 0. The predicted molar refractivity (Wildman–Crippen MR) is 86.0 cm³/mol. The van der Waals surface area contributed by atoms with Gasteiger partial charge in [-0.1, -0.05) is 18.2 Å². The molecule has 1 aromatic heterocycles. The first kappa shape index (κ1) is 14.3. The number of benzene rings is 1. The lowest BCUT2D eigenvalue weighted by Crippen LogP contribution is -2.50. The summed E-state index contributed by atoms with van der Waals surface area (Å²) in [6, 6.07) is 9.47. The second-order valence-electron chi connectivity index (χ2n) is 5.30. The van der Waals surface area contributed by atoms with Crippen molar-refractivity contribution < 1.29 is 4.79 Å². The molecule has 6 nitrogen and oxygen atoms in total. The summed E-state index contributed by atoms with van der Waals surface area (Å²) in [5.41, 5.74) is 1.88. The Labute approximate surface area is 129 Å². The SMILES string of the molecule is Cc1cncnc1N1CCN(C(=O)Nc2ccccc2)CC1. The molecular weight excluding hydrogens is 278 g/mol. The highest BCUT2D eigenvalue weighted by Gasteiger charge is 2.22. The van der Waals surface area contributed by atoms with Gasteiger partial charge in [0.15, 0.2) is 0 Å². The first-order chi connectivity index (χ1) is 10.7. The molecule has 1 fully saturated rings. The summed E-state index contributed by atoms with van der Waals surface area (Å²) in [5.74, 6) is 0.957. The molecule has 3 rings (SSSR count).